The van der Waals surface area contributed by atoms with Crippen LogP contribution in [0, 0.1) is 46.3 Å². The van der Waals surface area contributed by atoms with Gasteiger partial charge in [0.25, 0.3) is 0 Å². The van der Waals surface area contributed by atoms with E-state index in [4.69, 9.17) is 4.74 Å². The Labute approximate surface area is 325 Å². The van der Waals surface area contributed by atoms with Gasteiger partial charge in [-0.25, -0.2) is 8.42 Å². The highest BCUT2D eigenvalue weighted by Gasteiger charge is 2.72. The second-order valence-electron chi connectivity index (χ2n) is 19.3. The highest BCUT2D eigenvalue weighted by atomic mass is 32.2. The van der Waals surface area contributed by atoms with Gasteiger partial charge in [-0.2, -0.15) is 0 Å². The third-order valence-electron chi connectivity index (χ3n) is 15.9. The molecule has 9 heteroatoms. The molecule has 0 bridgehead atoms. The highest BCUT2D eigenvalue weighted by Crippen LogP contribution is 2.72. The van der Waals surface area contributed by atoms with Crippen molar-refractivity contribution in [3.05, 3.63) is 65.3 Å². The number of ketones is 1. The summed E-state index contributed by atoms with van der Waals surface area (Å²) in [7, 11) is 0.455. The van der Waals surface area contributed by atoms with E-state index < -0.39 is 32.5 Å². The van der Waals surface area contributed by atoms with Crippen LogP contribution in [-0.2, 0) is 14.6 Å². The molecule has 0 amide bonds. The summed E-state index contributed by atoms with van der Waals surface area (Å²) in [5, 5.41) is 12.5. The second-order valence-corrected chi connectivity index (χ2v) is 21.8. The first-order valence-electron chi connectivity index (χ1n) is 21.0. The number of ether oxygens (including phenoxy) is 1. The van der Waals surface area contributed by atoms with Crippen LogP contribution in [0.5, 0.6) is 5.75 Å². The van der Waals surface area contributed by atoms with E-state index >= 15 is 0 Å². The van der Waals surface area contributed by atoms with Gasteiger partial charge < -0.3 is 14.7 Å². The van der Waals surface area contributed by atoms with Gasteiger partial charge in [0.05, 0.1) is 12.4 Å². The van der Waals surface area contributed by atoms with Crippen LogP contribution in [0.2, 0.25) is 0 Å². The van der Waals surface area contributed by atoms with Crippen LogP contribution in [-0.4, -0.2) is 104 Å². The number of sulfone groups is 1. The second kappa shape index (κ2) is 14.0. The quantitative estimate of drug-likeness (QED) is 0.266. The zero-order valence-corrected chi connectivity index (χ0v) is 34.7. The molecule has 7 aliphatic rings. The van der Waals surface area contributed by atoms with Gasteiger partial charge >= 0.3 is 0 Å². The molecule has 1 aromatic rings. The first-order valence-corrected chi connectivity index (χ1v) is 22.7. The first-order chi connectivity index (χ1) is 25.6. The number of benzene rings is 1. The molecule has 11 unspecified atom stereocenters. The highest BCUT2D eigenvalue weighted by molar-refractivity contribution is 7.92. The van der Waals surface area contributed by atoms with Crippen LogP contribution in [0.25, 0.3) is 0 Å². The number of aliphatic hydroxyl groups is 1. The van der Waals surface area contributed by atoms with Gasteiger partial charge in [-0.05, 0) is 98.4 Å². The molecule has 3 saturated heterocycles. The van der Waals surface area contributed by atoms with Gasteiger partial charge in [0.1, 0.15) is 17.7 Å². The number of nitrogens with zero attached hydrogens (tertiary/aromatic N) is 3. The van der Waals surface area contributed by atoms with E-state index in [1.165, 1.54) is 48.8 Å². The number of hydrogen-bond donors (Lipinski definition) is 1. The fraction of sp³-hybridized carbons (Fsp3) is 0.711. The van der Waals surface area contributed by atoms with E-state index in [9.17, 15) is 18.3 Å². The molecule has 54 heavy (non-hydrogen) atoms. The van der Waals surface area contributed by atoms with Gasteiger partial charge in [-0.15, -0.1) is 6.58 Å². The summed E-state index contributed by atoms with van der Waals surface area (Å²) in [5.74, 6) is 2.51. The molecule has 11 atom stereocenters. The molecule has 1 N–H and O–H groups in total. The van der Waals surface area contributed by atoms with E-state index in [-0.39, 0.29) is 41.0 Å². The van der Waals surface area contributed by atoms with E-state index in [0.717, 1.165) is 44.9 Å². The number of carbonyl (C=O) groups excluding carboxylic acids is 1. The number of aliphatic hydroxyl groups excluding tert-OH is 1. The molecule has 2 saturated carbocycles. The molecule has 5 fully saturated rings. The molecule has 0 aromatic heterocycles. The number of fused-ring (bicyclic) bond motifs is 8. The van der Waals surface area contributed by atoms with E-state index in [2.05, 4.69) is 79.4 Å². The fourth-order valence-electron chi connectivity index (χ4n) is 13.2. The van der Waals surface area contributed by atoms with Crippen LogP contribution in [0.1, 0.15) is 96.2 Å². The molecule has 0 radical (unpaired) electrons. The third kappa shape index (κ3) is 6.04. The molecule has 0 spiro atoms. The molecule has 4 aliphatic heterocycles. The van der Waals surface area contributed by atoms with Crippen molar-refractivity contribution in [1.82, 2.24) is 14.7 Å². The van der Waals surface area contributed by atoms with Gasteiger partial charge in [0.15, 0.2) is 15.6 Å². The lowest BCUT2D eigenvalue weighted by Gasteiger charge is -2.51. The van der Waals surface area contributed by atoms with Gasteiger partial charge in [0.2, 0.25) is 0 Å². The lowest BCUT2D eigenvalue weighted by molar-refractivity contribution is -0.118. The number of likely N-dealkylation sites (tertiary alicyclic amines) is 2. The van der Waals surface area contributed by atoms with Crippen molar-refractivity contribution in [2.75, 3.05) is 52.6 Å². The van der Waals surface area contributed by atoms with Crippen molar-refractivity contribution >= 4 is 15.6 Å². The van der Waals surface area contributed by atoms with Crippen molar-refractivity contribution in [2.24, 2.45) is 46.3 Å². The molecule has 3 aliphatic carbocycles. The molecular formula is C45H65N3O5S. The van der Waals surface area contributed by atoms with Crippen molar-refractivity contribution < 1.29 is 23.1 Å². The molecule has 1 aromatic carbocycles. The minimum absolute atomic E-state index is 0.0508. The van der Waals surface area contributed by atoms with Crippen LogP contribution in [0.4, 0.5) is 0 Å². The first kappa shape index (κ1) is 38.6. The van der Waals surface area contributed by atoms with Gasteiger partial charge in [0, 0.05) is 61.7 Å². The summed E-state index contributed by atoms with van der Waals surface area (Å²) < 4.78 is 31.8. The minimum Gasteiger partial charge on any atom is -0.497 e. The summed E-state index contributed by atoms with van der Waals surface area (Å²) in [6.45, 7) is 19.1. The van der Waals surface area contributed by atoms with Gasteiger partial charge in [-0.1, -0.05) is 75.8 Å². The Balaban J connectivity index is 1.21. The number of rotatable bonds is 10. The normalized spacial score (nSPS) is 38.8. The summed E-state index contributed by atoms with van der Waals surface area (Å²) in [4.78, 5) is 21.3. The number of piperidine rings is 1. The number of Topliss-reactive ketones (excluding diaryl/α,β-unsaturated/α-hetero) is 1. The number of methoxy groups -OCH3 is 1. The lowest BCUT2D eigenvalue weighted by Crippen LogP contribution is -2.58. The average Bonchev–Trinajstić information content (AvgIpc) is 3.44. The Morgan fingerprint density at radius 3 is 2.50 bits per heavy atom. The van der Waals surface area contributed by atoms with Crippen LogP contribution >= 0.6 is 0 Å². The van der Waals surface area contributed by atoms with E-state index in [0.29, 0.717) is 29.2 Å². The monoisotopic (exact) mass is 759 g/mol. The van der Waals surface area contributed by atoms with Crippen molar-refractivity contribution in [3.63, 3.8) is 0 Å². The van der Waals surface area contributed by atoms with Crippen LogP contribution < -0.4 is 4.74 Å². The van der Waals surface area contributed by atoms with Crippen molar-refractivity contribution in [3.8, 4) is 5.75 Å². The van der Waals surface area contributed by atoms with Crippen molar-refractivity contribution in [2.45, 2.75) is 103 Å². The maximum Gasteiger partial charge on any atom is 0.177 e. The summed E-state index contributed by atoms with van der Waals surface area (Å²) in [6.07, 6.45) is 12.9. The summed E-state index contributed by atoms with van der Waals surface area (Å²) >= 11 is 0. The predicted molar refractivity (Wildman–Crippen MR) is 215 cm³/mol. The van der Waals surface area contributed by atoms with Crippen LogP contribution in [0.3, 0.4) is 0 Å². The Morgan fingerprint density at radius 2 is 1.81 bits per heavy atom. The smallest absolute Gasteiger partial charge is 0.177 e. The molecular weight excluding hydrogens is 695 g/mol. The topological polar surface area (TPSA) is 90.4 Å². The molecule has 8 rings (SSSR count). The molecule has 296 valence electrons. The maximum absolute atomic E-state index is 13.7. The predicted octanol–water partition coefficient (Wildman–Crippen LogP) is 6.64. The molecule has 8 nitrogen and oxygen atoms in total. The van der Waals surface area contributed by atoms with Crippen molar-refractivity contribution in [1.29, 1.82) is 0 Å². The Morgan fingerprint density at radius 1 is 1.07 bits per heavy atom. The average molecular weight is 760 g/mol. The Kier molecular flexibility index (Phi) is 9.97. The lowest BCUT2D eigenvalue weighted by atomic mass is 9.63. The SMILES string of the molecule is C=C(C)CC12CN(C)CC1CN(C(O)C13CN4C5C=C(C(=O)CS(=O)(=O)C(C)C)C=CC5C(C5CCCCC5)C4c4ccc(OC)cc4C1C3C)CC2C. The number of carbonyl (C=O) groups is 1. The molecule has 4 heterocycles. The van der Waals surface area contributed by atoms with Crippen LogP contribution in [0.15, 0.2) is 54.2 Å². The minimum atomic E-state index is -3.54. The largest absolute Gasteiger partial charge is 0.497 e. The zero-order chi connectivity index (χ0) is 38.5. The summed E-state index contributed by atoms with van der Waals surface area (Å²) in [6, 6.07) is 6.79. The van der Waals surface area contributed by atoms with Gasteiger partial charge in [-0.3, -0.25) is 14.6 Å². The fourth-order valence-corrected chi connectivity index (χ4v) is 14.0. The third-order valence-corrected chi connectivity index (χ3v) is 18.0. The zero-order valence-electron chi connectivity index (χ0n) is 33.8. The Bertz CT molecular complexity index is 1830. The standard InChI is InChI=1S/C45H65N3O5S/c1-27(2)20-44-25-46(7)22-33(44)23-47(21-29(44)5)43(50)45-26-48-38-18-32(39(49)24-54(51,52)28(3)4)14-16-36(38)40(31-12-10-9-11-13-31)42(48)35-17-15-34(53-8)19-37(35)41(45)30(45)6/h14-19,28-31,33,36,38,40-43,50H,1,9-13,20-26H2,2-8H3. The Hall–Kier alpha value is -2.30. The maximum atomic E-state index is 13.7. The number of hydrogen-bond acceptors (Lipinski definition) is 8. The van der Waals surface area contributed by atoms with E-state index in [1.807, 2.05) is 6.08 Å². The summed E-state index contributed by atoms with van der Waals surface area (Å²) in [5.41, 5.74) is 4.21. The van der Waals surface area contributed by atoms with E-state index in [1.54, 1.807) is 21.0 Å². The number of allylic oxidation sites excluding steroid dienone is 3.